The lowest BCUT2D eigenvalue weighted by molar-refractivity contribution is 0.411. The highest BCUT2D eigenvalue weighted by Gasteiger charge is 2.16. The van der Waals surface area contributed by atoms with Gasteiger partial charge in [-0.25, -0.2) is 8.42 Å². The van der Waals surface area contributed by atoms with Crippen LogP contribution >= 0.6 is 15.9 Å². The van der Waals surface area contributed by atoms with E-state index in [1.165, 1.54) is 19.2 Å². The van der Waals surface area contributed by atoms with Gasteiger partial charge in [0.2, 0.25) is 0 Å². The highest BCUT2D eigenvalue weighted by atomic mass is 79.9. The molecule has 20 heavy (non-hydrogen) atoms. The Bertz CT molecular complexity index is 712. The molecular weight excluding hydrogens is 342 g/mol. The van der Waals surface area contributed by atoms with Crippen LogP contribution in [0, 0.1) is 6.92 Å². The van der Waals surface area contributed by atoms with Gasteiger partial charge in [-0.05, 0) is 47.1 Å². The zero-order valence-corrected chi connectivity index (χ0v) is 13.5. The fraction of sp³-hybridized carbons (Fsp3) is 0.143. The molecule has 4 nitrogen and oxygen atoms in total. The van der Waals surface area contributed by atoms with Crippen molar-refractivity contribution in [2.45, 2.75) is 11.8 Å². The van der Waals surface area contributed by atoms with Crippen LogP contribution < -0.4 is 9.46 Å². The number of anilines is 1. The van der Waals surface area contributed by atoms with Crippen LogP contribution in [0.5, 0.6) is 5.75 Å². The molecule has 0 aliphatic carbocycles. The third kappa shape index (κ3) is 3.32. The van der Waals surface area contributed by atoms with Crippen LogP contribution in [-0.2, 0) is 10.0 Å². The predicted octanol–water partition coefficient (Wildman–Crippen LogP) is 3.57. The molecule has 1 N–H and O–H groups in total. The van der Waals surface area contributed by atoms with Crippen molar-refractivity contribution in [1.82, 2.24) is 0 Å². The Labute approximate surface area is 127 Å². The molecule has 2 rings (SSSR count). The summed E-state index contributed by atoms with van der Waals surface area (Å²) in [5, 5.41) is 0. The average Bonchev–Trinajstić information content (AvgIpc) is 2.41. The number of methoxy groups -OCH3 is 1. The first-order valence-corrected chi connectivity index (χ1v) is 8.13. The first-order valence-electron chi connectivity index (χ1n) is 5.85. The second kappa shape index (κ2) is 5.85. The molecule has 6 heteroatoms. The SMILES string of the molecule is COc1cc(S(=O)(=O)Nc2ccc(C)cc2)ccc1Br. The van der Waals surface area contributed by atoms with Crippen molar-refractivity contribution in [2.24, 2.45) is 0 Å². The number of benzene rings is 2. The Morgan fingerprint density at radius 3 is 2.35 bits per heavy atom. The van der Waals surface area contributed by atoms with Gasteiger partial charge in [-0.2, -0.15) is 0 Å². The molecular formula is C14H14BrNO3S. The minimum absolute atomic E-state index is 0.151. The van der Waals surface area contributed by atoms with Gasteiger partial charge in [-0.3, -0.25) is 4.72 Å². The number of ether oxygens (including phenoxy) is 1. The Morgan fingerprint density at radius 2 is 1.75 bits per heavy atom. The van der Waals surface area contributed by atoms with Crippen LogP contribution in [0.2, 0.25) is 0 Å². The van der Waals surface area contributed by atoms with Gasteiger partial charge in [0.05, 0.1) is 16.5 Å². The lowest BCUT2D eigenvalue weighted by atomic mass is 10.2. The van der Waals surface area contributed by atoms with Crippen LogP contribution in [0.15, 0.2) is 51.8 Å². The maximum absolute atomic E-state index is 12.3. The highest BCUT2D eigenvalue weighted by molar-refractivity contribution is 9.10. The third-order valence-corrected chi connectivity index (χ3v) is 4.77. The Kier molecular flexibility index (Phi) is 4.35. The fourth-order valence-corrected chi connectivity index (χ4v) is 3.13. The topological polar surface area (TPSA) is 55.4 Å². The van der Waals surface area contributed by atoms with Crippen LogP contribution in [0.25, 0.3) is 0 Å². The third-order valence-electron chi connectivity index (χ3n) is 2.74. The van der Waals surface area contributed by atoms with Crippen molar-refractivity contribution in [1.29, 1.82) is 0 Å². The molecule has 2 aromatic carbocycles. The van der Waals surface area contributed by atoms with Gasteiger partial charge in [0.25, 0.3) is 10.0 Å². The summed E-state index contributed by atoms with van der Waals surface area (Å²) in [5.41, 5.74) is 1.59. The summed E-state index contributed by atoms with van der Waals surface area (Å²) in [6.45, 7) is 1.94. The number of halogens is 1. The molecule has 0 radical (unpaired) electrons. The molecule has 0 aliphatic heterocycles. The van der Waals surface area contributed by atoms with Gasteiger partial charge in [0.15, 0.2) is 0 Å². The summed E-state index contributed by atoms with van der Waals surface area (Å²) >= 11 is 3.29. The van der Waals surface area contributed by atoms with Crippen LogP contribution in [-0.4, -0.2) is 15.5 Å². The average molecular weight is 356 g/mol. The van der Waals surface area contributed by atoms with Crippen molar-refractivity contribution in [3.05, 3.63) is 52.5 Å². The van der Waals surface area contributed by atoms with Gasteiger partial charge in [0.1, 0.15) is 5.75 Å². The van der Waals surface area contributed by atoms with Crippen LogP contribution in [0.4, 0.5) is 5.69 Å². The number of aryl methyl sites for hydroxylation is 1. The maximum Gasteiger partial charge on any atom is 0.262 e. The summed E-state index contributed by atoms with van der Waals surface area (Å²) < 4.78 is 32.9. The van der Waals surface area contributed by atoms with Crippen LogP contribution in [0.3, 0.4) is 0 Å². The molecule has 0 atom stereocenters. The second-order valence-corrected chi connectivity index (χ2v) is 6.80. The van der Waals surface area contributed by atoms with Crippen molar-refractivity contribution < 1.29 is 13.2 Å². The standard InChI is InChI=1S/C14H14BrNO3S/c1-10-3-5-11(6-4-10)16-20(17,18)12-7-8-13(15)14(9-12)19-2/h3-9,16H,1-2H3. The largest absolute Gasteiger partial charge is 0.496 e. The normalized spacial score (nSPS) is 11.2. The molecule has 0 saturated carbocycles. The van der Waals surface area contributed by atoms with Gasteiger partial charge in [0, 0.05) is 11.8 Å². The Morgan fingerprint density at radius 1 is 1.10 bits per heavy atom. The monoisotopic (exact) mass is 355 g/mol. The van der Waals surface area contributed by atoms with E-state index in [0.29, 0.717) is 15.9 Å². The van der Waals surface area contributed by atoms with Gasteiger partial charge in [-0.1, -0.05) is 17.7 Å². The van der Waals surface area contributed by atoms with Gasteiger partial charge < -0.3 is 4.74 Å². The van der Waals surface area contributed by atoms with Crippen molar-refractivity contribution in [2.75, 3.05) is 11.8 Å². The number of nitrogens with one attached hydrogen (secondary N) is 1. The fourth-order valence-electron chi connectivity index (χ4n) is 1.64. The molecule has 0 aromatic heterocycles. The zero-order valence-electron chi connectivity index (χ0n) is 11.1. The molecule has 0 aliphatic rings. The number of hydrogen-bond donors (Lipinski definition) is 1. The Hall–Kier alpha value is -1.53. The van der Waals surface area contributed by atoms with E-state index < -0.39 is 10.0 Å². The predicted molar refractivity (Wildman–Crippen MR) is 82.7 cm³/mol. The summed E-state index contributed by atoms with van der Waals surface area (Å²) in [6, 6.07) is 11.8. The number of sulfonamides is 1. The number of rotatable bonds is 4. The lowest BCUT2D eigenvalue weighted by Crippen LogP contribution is -2.13. The van der Waals surface area contributed by atoms with Crippen LogP contribution in [0.1, 0.15) is 5.56 Å². The van der Waals surface area contributed by atoms with E-state index in [0.717, 1.165) is 5.56 Å². The minimum atomic E-state index is -3.63. The van der Waals surface area contributed by atoms with E-state index in [4.69, 9.17) is 4.74 Å². The maximum atomic E-state index is 12.3. The van der Waals surface area contributed by atoms with E-state index in [9.17, 15) is 8.42 Å². The van der Waals surface area contributed by atoms with Crippen molar-refractivity contribution in [3.63, 3.8) is 0 Å². The van der Waals surface area contributed by atoms with E-state index in [-0.39, 0.29) is 4.90 Å². The zero-order chi connectivity index (χ0) is 14.8. The molecule has 0 saturated heterocycles. The Balaban J connectivity index is 2.33. The van der Waals surface area contributed by atoms with E-state index >= 15 is 0 Å². The molecule has 0 amide bonds. The quantitative estimate of drug-likeness (QED) is 0.911. The summed E-state index contributed by atoms with van der Waals surface area (Å²) in [6.07, 6.45) is 0. The van der Waals surface area contributed by atoms with Gasteiger partial charge >= 0.3 is 0 Å². The highest BCUT2D eigenvalue weighted by Crippen LogP contribution is 2.28. The molecule has 0 spiro atoms. The summed E-state index contributed by atoms with van der Waals surface area (Å²) in [7, 11) is -2.14. The van der Waals surface area contributed by atoms with Crippen molar-refractivity contribution >= 4 is 31.6 Å². The molecule has 2 aromatic rings. The molecule has 0 fully saturated rings. The van der Waals surface area contributed by atoms with E-state index in [1.54, 1.807) is 18.2 Å². The summed E-state index contributed by atoms with van der Waals surface area (Å²) in [4.78, 5) is 0.151. The second-order valence-electron chi connectivity index (χ2n) is 4.27. The molecule has 106 valence electrons. The molecule has 0 heterocycles. The minimum Gasteiger partial charge on any atom is -0.496 e. The lowest BCUT2D eigenvalue weighted by Gasteiger charge is -2.10. The first-order chi connectivity index (χ1) is 9.42. The molecule has 0 unspecified atom stereocenters. The van der Waals surface area contributed by atoms with E-state index in [2.05, 4.69) is 20.7 Å². The van der Waals surface area contributed by atoms with Crippen molar-refractivity contribution in [3.8, 4) is 5.75 Å². The van der Waals surface area contributed by atoms with E-state index in [1.807, 2.05) is 19.1 Å². The van der Waals surface area contributed by atoms with Gasteiger partial charge in [-0.15, -0.1) is 0 Å². The number of hydrogen-bond acceptors (Lipinski definition) is 3. The smallest absolute Gasteiger partial charge is 0.262 e. The molecule has 0 bridgehead atoms. The first kappa shape index (κ1) is 14.9. The summed E-state index contributed by atoms with van der Waals surface area (Å²) in [5.74, 6) is 0.469.